The van der Waals surface area contributed by atoms with Gasteiger partial charge in [-0.2, -0.15) is 0 Å². The molecule has 14 heteroatoms. The molecule has 0 spiro atoms. The summed E-state index contributed by atoms with van der Waals surface area (Å²) in [6, 6.07) is 17.0. The monoisotopic (exact) mass is 644 g/mol. The second kappa shape index (κ2) is 15.2. The number of nitro benzene ring substituents is 1. The van der Waals surface area contributed by atoms with Gasteiger partial charge in [-0.05, 0) is 55.8 Å². The molecule has 1 atom stereocenters. The van der Waals surface area contributed by atoms with E-state index in [2.05, 4.69) is 16.0 Å². The van der Waals surface area contributed by atoms with E-state index < -0.39 is 34.6 Å². The third-order valence-corrected chi connectivity index (χ3v) is 7.13. The van der Waals surface area contributed by atoms with Gasteiger partial charge in [0.1, 0.15) is 24.7 Å². The number of benzene rings is 3. The van der Waals surface area contributed by atoms with Gasteiger partial charge in [0.05, 0.1) is 40.6 Å². The Bertz CT molecular complexity index is 1760. The zero-order valence-corrected chi connectivity index (χ0v) is 25.4. The molecule has 4 rings (SSSR count). The molecule has 2 amide bonds. The van der Waals surface area contributed by atoms with Gasteiger partial charge in [-0.3, -0.25) is 19.7 Å². The van der Waals surface area contributed by atoms with Gasteiger partial charge in [-0.25, -0.2) is 9.59 Å². The fourth-order valence-corrected chi connectivity index (χ4v) is 4.93. The molecule has 14 nitrogen and oxygen atoms in total. The summed E-state index contributed by atoms with van der Waals surface area (Å²) < 4.78 is 10.9. The largest absolute Gasteiger partial charge is 0.508 e. The summed E-state index contributed by atoms with van der Waals surface area (Å²) in [6.45, 7) is 2.53. The summed E-state index contributed by atoms with van der Waals surface area (Å²) in [5, 5.41) is 39.0. The van der Waals surface area contributed by atoms with Crippen molar-refractivity contribution in [1.82, 2.24) is 16.0 Å². The third-order valence-electron chi connectivity index (χ3n) is 7.13. The van der Waals surface area contributed by atoms with E-state index in [4.69, 9.17) is 9.47 Å². The van der Waals surface area contributed by atoms with Gasteiger partial charge < -0.3 is 35.6 Å². The van der Waals surface area contributed by atoms with Crippen LogP contribution in [0.3, 0.4) is 0 Å². The highest BCUT2D eigenvalue weighted by molar-refractivity contribution is 6.00. The van der Waals surface area contributed by atoms with Crippen LogP contribution in [-0.4, -0.2) is 65.2 Å². The molecule has 0 aromatic heterocycles. The smallest absolute Gasteiger partial charge is 0.336 e. The number of nitrogens with one attached hydrogen (secondary N) is 3. The highest BCUT2D eigenvalue weighted by Gasteiger charge is 2.38. The average Bonchev–Trinajstić information content (AvgIpc) is 3.04. The van der Waals surface area contributed by atoms with E-state index in [0.29, 0.717) is 11.4 Å². The molecule has 0 bridgehead atoms. The summed E-state index contributed by atoms with van der Waals surface area (Å²) in [4.78, 5) is 62.7. The first-order chi connectivity index (χ1) is 22.5. The number of nitro groups is 1. The predicted molar refractivity (Wildman–Crippen MR) is 167 cm³/mol. The van der Waals surface area contributed by atoms with E-state index in [0.717, 1.165) is 0 Å². The van der Waals surface area contributed by atoms with Crippen molar-refractivity contribution in [2.45, 2.75) is 19.8 Å². The Hall–Kier alpha value is -6.18. The molecule has 1 aliphatic heterocycles. The van der Waals surface area contributed by atoms with Gasteiger partial charge in [0.25, 0.3) is 17.5 Å². The van der Waals surface area contributed by atoms with Gasteiger partial charge in [-0.1, -0.05) is 24.3 Å². The summed E-state index contributed by atoms with van der Waals surface area (Å²) in [6.07, 6.45) is 0. The number of allylic oxidation sites excluding steroid dienone is 2. The summed E-state index contributed by atoms with van der Waals surface area (Å²) in [7, 11) is 0. The van der Waals surface area contributed by atoms with Crippen molar-refractivity contribution in [3.8, 4) is 11.5 Å². The number of dihydropyridines is 1. The molecule has 3 aromatic carbocycles. The SMILES string of the molecule is CC1=C(C(=O)OCCNC(=O)c2ccc(O)cc2)[C@H](c2cccc([N+](=O)[O-])c2)C(C(=O)OCCNC(=O)c2ccccc2O)=C(C)N1. The maximum Gasteiger partial charge on any atom is 0.336 e. The van der Waals surface area contributed by atoms with E-state index in [1.54, 1.807) is 26.0 Å². The van der Waals surface area contributed by atoms with Crippen LogP contribution in [0.2, 0.25) is 0 Å². The number of hydrogen-bond acceptors (Lipinski definition) is 11. The molecular weight excluding hydrogens is 612 g/mol. The number of non-ortho nitro benzene ring substituents is 1. The number of para-hydroxylation sites is 1. The van der Waals surface area contributed by atoms with Crippen molar-refractivity contribution in [2.24, 2.45) is 0 Å². The van der Waals surface area contributed by atoms with Gasteiger partial charge in [0, 0.05) is 29.1 Å². The van der Waals surface area contributed by atoms with Crippen LogP contribution in [0.1, 0.15) is 46.0 Å². The Labute approximate surface area is 268 Å². The van der Waals surface area contributed by atoms with Crippen LogP contribution in [-0.2, 0) is 19.1 Å². The zero-order valence-electron chi connectivity index (χ0n) is 25.4. The highest BCUT2D eigenvalue weighted by atomic mass is 16.6. The quantitative estimate of drug-likeness (QED) is 0.0837. The van der Waals surface area contributed by atoms with E-state index in [9.17, 15) is 39.5 Å². The number of esters is 2. The topological polar surface area (TPSA) is 206 Å². The van der Waals surface area contributed by atoms with Crippen LogP contribution < -0.4 is 16.0 Å². The van der Waals surface area contributed by atoms with E-state index in [1.165, 1.54) is 60.7 Å². The minimum atomic E-state index is -1.13. The van der Waals surface area contributed by atoms with Crippen LogP contribution in [0.4, 0.5) is 5.69 Å². The molecule has 3 aromatic rings. The maximum absolute atomic E-state index is 13.5. The second-order valence-electron chi connectivity index (χ2n) is 10.3. The van der Waals surface area contributed by atoms with Crippen LogP contribution in [0.5, 0.6) is 11.5 Å². The average molecular weight is 645 g/mol. The molecule has 1 aliphatic rings. The maximum atomic E-state index is 13.5. The minimum Gasteiger partial charge on any atom is -0.508 e. The molecule has 0 radical (unpaired) electrons. The fourth-order valence-electron chi connectivity index (χ4n) is 4.93. The van der Waals surface area contributed by atoms with Gasteiger partial charge in [0.2, 0.25) is 0 Å². The van der Waals surface area contributed by atoms with Crippen molar-refractivity contribution in [3.05, 3.63) is 122 Å². The minimum absolute atomic E-state index is 0.000708. The third kappa shape index (κ3) is 8.30. The van der Waals surface area contributed by atoms with Crippen molar-refractivity contribution >= 4 is 29.4 Å². The van der Waals surface area contributed by atoms with Gasteiger partial charge in [-0.15, -0.1) is 0 Å². The van der Waals surface area contributed by atoms with Crippen molar-refractivity contribution in [3.63, 3.8) is 0 Å². The molecule has 0 aliphatic carbocycles. The lowest BCUT2D eigenvalue weighted by atomic mass is 9.80. The molecule has 47 heavy (non-hydrogen) atoms. The first-order valence-corrected chi connectivity index (χ1v) is 14.4. The molecule has 5 N–H and O–H groups in total. The lowest BCUT2D eigenvalue weighted by Crippen LogP contribution is -2.34. The van der Waals surface area contributed by atoms with Crippen LogP contribution in [0.25, 0.3) is 0 Å². The Kier molecular flexibility index (Phi) is 10.9. The predicted octanol–water partition coefficient (Wildman–Crippen LogP) is 3.19. The van der Waals surface area contributed by atoms with Gasteiger partial charge in [0.15, 0.2) is 0 Å². The lowest BCUT2D eigenvalue weighted by Gasteiger charge is -2.30. The number of amides is 2. The Morgan fingerprint density at radius 1 is 0.809 bits per heavy atom. The summed E-state index contributed by atoms with van der Waals surface area (Å²) in [5.74, 6) is -4.05. The second-order valence-corrected chi connectivity index (χ2v) is 10.3. The number of nitrogens with zero attached hydrogens (tertiary/aromatic N) is 1. The lowest BCUT2D eigenvalue weighted by molar-refractivity contribution is -0.384. The number of hydrogen-bond donors (Lipinski definition) is 5. The van der Waals surface area contributed by atoms with Crippen LogP contribution in [0.15, 0.2) is 95.3 Å². The molecule has 0 saturated carbocycles. The summed E-state index contributed by atoms with van der Waals surface area (Å²) in [5.41, 5.74) is 0.993. The van der Waals surface area contributed by atoms with Gasteiger partial charge >= 0.3 is 11.9 Å². The molecular formula is C33H32N4O10. The number of phenols is 2. The molecule has 0 unspecified atom stereocenters. The molecule has 244 valence electrons. The number of carbonyl (C=O) groups excluding carboxylic acids is 4. The normalized spacial score (nSPS) is 14.1. The van der Waals surface area contributed by atoms with E-state index in [-0.39, 0.29) is 71.3 Å². The van der Waals surface area contributed by atoms with Crippen molar-refractivity contribution in [1.29, 1.82) is 0 Å². The number of carbonyl (C=O) groups is 4. The number of ether oxygens (including phenoxy) is 2. The Morgan fingerprint density at radius 2 is 1.38 bits per heavy atom. The van der Waals surface area contributed by atoms with Crippen LogP contribution >= 0.6 is 0 Å². The van der Waals surface area contributed by atoms with E-state index >= 15 is 0 Å². The fraction of sp³-hybridized carbons (Fsp3) is 0.212. The first kappa shape index (κ1) is 33.7. The van der Waals surface area contributed by atoms with E-state index in [1.807, 2.05) is 0 Å². The number of phenolic OH excluding ortho intramolecular Hbond substituents is 2. The van der Waals surface area contributed by atoms with Crippen molar-refractivity contribution < 1.29 is 43.8 Å². The number of aromatic hydroxyl groups is 2. The Balaban J connectivity index is 1.49. The Morgan fingerprint density at radius 3 is 1.96 bits per heavy atom. The standard InChI is InChI=1S/C33H32N4O10/c1-19-27(32(42)46-16-14-34-30(40)21-10-12-24(38)13-11-21)29(22-6-5-7-23(18-22)37(44)45)28(20(2)36-19)33(43)47-17-15-35-31(41)25-8-3-4-9-26(25)39/h3-13,18,29,36,38-39H,14-17H2,1-2H3,(H,34,40)(H,35,41)/t29-/m0/s1. The molecule has 1 heterocycles. The first-order valence-electron chi connectivity index (χ1n) is 14.4. The summed E-state index contributed by atoms with van der Waals surface area (Å²) >= 11 is 0. The molecule has 0 fully saturated rings. The number of rotatable bonds is 12. The highest BCUT2D eigenvalue weighted by Crippen LogP contribution is 2.40. The zero-order chi connectivity index (χ0) is 34.1. The van der Waals surface area contributed by atoms with Crippen molar-refractivity contribution in [2.75, 3.05) is 26.3 Å². The van der Waals surface area contributed by atoms with Crippen LogP contribution in [0, 0.1) is 10.1 Å². The molecule has 0 saturated heterocycles.